The second-order valence-electron chi connectivity index (χ2n) is 4.89. The predicted octanol–water partition coefficient (Wildman–Crippen LogP) is 4.04. The van der Waals surface area contributed by atoms with Crippen LogP contribution in [0, 0.1) is 0 Å². The highest BCUT2D eigenvalue weighted by Gasteiger charge is 2.05. The molecule has 1 aromatic heterocycles. The third kappa shape index (κ3) is 4.05. The molecule has 0 aliphatic carbocycles. The average molecular weight is 321 g/mol. The van der Waals surface area contributed by atoms with Crippen LogP contribution in [0.25, 0.3) is 17.3 Å². The second-order valence-corrected chi connectivity index (χ2v) is 5.75. The van der Waals surface area contributed by atoms with E-state index in [0.717, 1.165) is 16.8 Å². The van der Waals surface area contributed by atoms with Crippen molar-refractivity contribution in [2.24, 2.45) is 0 Å². The number of hydrogen-bond acceptors (Lipinski definition) is 4. The third-order valence-electron chi connectivity index (χ3n) is 3.17. The molecule has 0 aliphatic rings. The molecule has 0 fully saturated rings. The van der Waals surface area contributed by atoms with Gasteiger partial charge in [-0.2, -0.15) is 0 Å². The lowest BCUT2D eigenvalue weighted by molar-refractivity contribution is -0.111. The fourth-order valence-electron chi connectivity index (χ4n) is 2.00. The highest BCUT2D eigenvalue weighted by atomic mass is 32.1. The lowest BCUT2D eigenvalue weighted by Crippen LogP contribution is -2.07. The number of nitrogen functional groups attached to an aromatic ring is 1. The molecule has 0 spiro atoms. The first kappa shape index (κ1) is 15.0. The molecule has 0 saturated carbocycles. The van der Waals surface area contributed by atoms with Crippen LogP contribution in [-0.2, 0) is 4.79 Å². The normalized spacial score (nSPS) is 10.8. The number of amides is 1. The fraction of sp³-hybridized carbons (Fsp3) is 0. The highest BCUT2D eigenvalue weighted by Crippen LogP contribution is 2.24. The minimum absolute atomic E-state index is 0.212. The summed E-state index contributed by atoms with van der Waals surface area (Å²) in [5, 5.41) is 5.28. The van der Waals surface area contributed by atoms with Crippen molar-refractivity contribution in [3.8, 4) is 11.3 Å². The summed E-state index contributed by atoms with van der Waals surface area (Å²) in [5.74, 6) is -0.212. The van der Waals surface area contributed by atoms with Crippen molar-refractivity contribution >= 4 is 34.1 Å². The van der Waals surface area contributed by atoms with Gasteiger partial charge >= 0.3 is 0 Å². The van der Waals surface area contributed by atoms with E-state index in [1.807, 2.05) is 47.8 Å². The van der Waals surface area contributed by atoms with E-state index in [2.05, 4.69) is 10.3 Å². The van der Waals surface area contributed by atoms with E-state index in [1.165, 1.54) is 17.4 Å². The van der Waals surface area contributed by atoms with Gasteiger partial charge in [0, 0.05) is 22.7 Å². The first-order valence-corrected chi connectivity index (χ1v) is 7.94. The zero-order chi connectivity index (χ0) is 16.1. The minimum atomic E-state index is -0.212. The van der Waals surface area contributed by atoms with E-state index in [4.69, 9.17) is 5.73 Å². The van der Waals surface area contributed by atoms with Gasteiger partial charge in [-0.25, -0.2) is 4.98 Å². The summed E-state index contributed by atoms with van der Waals surface area (Å²) in [6, 6.07) is 17.2. The van der Waals surface area contributed by atoms with Crippen molar-refractivity contribution in [1.82, 2.24) is 4.98 Å². The Morgan fingerprint density at radius 3 is 2.57 bits per heavy atom. The summed E-state index contributed by atoms with van der Waals surface area (Å²) >= 11 is 1.40. The molecule has 23 heavy (non-hydrogen) atoms. The van der Waals surface area contributed by atoms with Crippen LogP contribution in [0.3, 0.4) is 0 Å². The standard InChI is InChI=1S/C18H15N3OS/c19-15-9-6-13(7-10-15)8-11-17(22)21-18-20-16(12-23-18)14-4-2-1-3-5-14/h1-12H,19H2,(H,20,21,22)/b11-8+. The van der Waals surface area contributed by atoms with Crippen molar-refractivity contribution in [2.45, 2.75) is 0 Å². The van der Waals surface area contributed by atoms with Crippen molar-refractivity contribution in [2.75, 3.05) is 11.1 Å². The Morgan fingerprint density at radius 2 is 1.83 bits per heavy atom. The van der Waals surface area contributed by atoms with Crippen molar-refractivity contribution < 1.29 is 4.79 Å². The molecule has 0 radical (unpaired) electrons. The SMILES string of the molecule is Nc1ccc(/C=C/C(=O)Nc2nc(-c3ccccc3)cs2)cc1. The van der Waals surface area contributed by atoms with Gasteiger partial charge < -0.3 is 5.73 Å². The number of benzene rings is 2. The number of carbonyl (C=O) groups is 1. The first-order valence-electron chi connectivity index (χ1n) is 7.06. The van der Waals surface area contributed by atoms with Crippen molar-refractivity contribution in [3.05, 3.63) is 71.6 Å². The quantitative estimate of drug-likeness (QED) is 0.563. The van der Waals surface area contributed by atoms with E-state index in [1.54, 1.807) is 18.2 Å². The summed E-state index contributed by atoms with van der Waals surface area (Å²) in [5.41, 5.74) is 9.12. The molecule has 3 N–H and O–H groups in total. The molecule has 2 aromatic carbocycles. The van der Waals surface area contributed by atoms with Gasteiger partial charge in [-0.1, -0.05) is 42.5 Å². The number of nitrogens with zero attached hydrogens (tertiary/aromatic N) is 1. The van der Waals surface area contributed by atoms with Crippen molar-refractivity contribution in [3.63, 3.8) is 0 Å². The summed E-state index contributed by atoms with van der Waals surface area (Å²) in [6.07, 6.45) is 3.22. The van der Waals surface area contributed by atoms with Gasteiger partial charge in [0.2, 0.25) is 5.91 Å². The molecule has 1 heterocycles. The summed E-state index contributed by atoms with van der Waals surface area (Å²) < 4.78 is 0. The van der Waals surface area contributed by atoms with Gasteiger partial charge in [0.1, 0.15) is 0 Å². The van der Waals surface area contributed by atoms with Gasteiger partial charge in [0.05, 0.1) is 5.69 Å². The maximum atomic E-state index is 11.9. The molecule has 0 aliphatic heterocycles. The predicted molar refractivity (Wildman–Crippen MR) is 96.1 cm³/mol. The highest BCUT2D eigenvalue weighted by molar-refractivity contribution is 7.14. The summed E-state index contributed by atoms with van der Waals surface area (Å²) in [7, 11) is 0. The monoisotopic (exact) mass is 321 g/mol. The Hall–Kier alpha value is -2.92. The Kier molecular flexibility index (Phi) is 4.49. The van der Waals surface area contributed by atoms with E-state index < -0.39 is 0 Å². The molecule has 0 saturated heterocycles. The van der Waals surface area contributed by atoms with Crippen LogP contribution in [-0.4, -0.2) is 10.9 Å². The lowest BCUT2D eigenvalue weighted by atomic mass is 10.2. The first-order chi connectivity index (χ1) is 11.2. The Bertz CT molecular complexity index is 823. The number of nitrogens with two attached hydrogens (primary N) is 1. The molecule has 4 nitrogen and oxygen atoms in total. The number of hydrogen-bond donors (Lipinski definition) is 2. The Labute approximate surface area is 138 Å². The van der Waals surface area contributed by atoms with E-state index in [0.29, 0.717) is 10.8 Å². The maximum Gasteiger partial charge on any atom is 0.250 e. The molecular formula is C18H15N3OS. The molecular weight excluding hydrogens is 306 g/mol. The van der Waals surface area contributed by atoms with Crippen LogP contribution in [0.5, 0.6) is 0 Å². The summed E-state index contributed by atoms with van der Waals surface area (Å²) in [4.78, 5) is 16.4. The van der Waals surface area contributed by atoms with E-state index in [9.17, 15) is 4.79 Å². The number of thiazole rings is 1. The molecule has 0 atom stereocenters. The number of rotatable bonds is 4. The molecule has 114 valence electrons. The Morgan fingerprint density at radius 1 is 1.09 bits per heavy atom. The van der Waals surface area contributed by atoms with Gasteiger partial charge in [-0.05, 0) is 23.8 Å². The smallest absolute Gasteiger partial charge is 0.250 e. The van der Waals surface area contributed by atoms with Crippen LogP contribution in [0.2, 0.25) is 0 Å². The number of carbonyl (C=O) groups excluding carboxylic acids is 1. The minimum Gasteiger partial charge on any atom is -0.399 e. The Balaban J connectivity index is 1.64. The average Bonchev–Trinajstić information content (AvgIpc) is 3.04. The maximum absolute atomic E-state index is 11.9. The van der Waals surface area contributed by atoms with Crippen LogP contribution in [0.4, 0.5) is 10.8 Å². The molecule has 1 amide bonds. The molecule has 3 rings (SSSR count). The third-order valence-corrected chi connectivity index (χ3v) is 3.93. The molecule has 5 heteroatoms. The molecule has 0 bridgehead atoms. The van der Waals surface area contributed by atoms with E-state index >= 15 is 0 Å². The fourth-order valence-corrected chi connectivity index (χ4v) is 2.72. The van der Waals surface area contributed by atoms with E-state index in [-0.39, 0.29) is 5.91 Å². The van der Waals surface area contributed by atoms with Gasteiger partial charge in [-0.3, -0.25) is 10.1 Å². The zero-order valence-corrected chi connectivity index (χ0v) is 13.1. The van der Waals surface area contributed by atoms with Crippen molar-refractivity contribution in [1.29, 1.82) is 0 Å². The molecule has 0 unspecified atom stereocenters. The number of aromatic nitrogens is 1. The number of nitrogens with one attached hydrogen (secondary N) is 1. The van der Waals surface area contributed by atoms with Gasteiger partial charge in [-0.15, -0.1) is 11.3 Å². The van der Waals surface area contributed by atoms with Crippen LogP contribution in [0.1, 0.15) is 5.56 Å². The molecule has 3 aromatic rings. The topological polar surface area (TPSA) is 68.0 Å². The van der Waals surface area contributed by atoms with Crippen LogP contribution in [0.15, 0.2) is 66.1 Å². The van der Waals surface area contributed by atoms with Crippen LogP contribution >= 0.6 is 11.3 Å². The van der Waals surface area contributed by atoms with Gasteiger partial charge in [0.15, 0.2) is 5.13 Å². The second kappa shape index (κ2) is 6.89. The number of anilines is 2. The van der Waals surface area contributed by atoms with Gasteiger partial charge in [0.25, 0.3) is 0 Å². The largest absolute Gasteiger partial charge is 0.399 e. The zero-order valence-electron chi connectivity index (χ0n) is 12.3. The summed E-state index contributed by atoms with van der Waals surface area (Å²) in [6.45, 7) is 0. The van der Waals surface area contributed by atoms with Crippen LogP contribution < -0.4 is 11.1 Å². The lowest BCUT2D eigenvalue weighted by Gasteiger charge is -1.97.